The van der Waals surface area contributed by atoms with Crippen molar-refractivity contribution in [1.82, 2.24) is 0 Å². The van der Waals surface area contributed by atoms with Crippen molar-refractivity contribution in [3.05, 3.63) is 91.9 Å². The number of benzene rings is 3. The second-order valence-electron chi connectivity index (χ2n) is 5.98. The Kier molecular flexibility index (Phi) is 6.95. The Hall–Kier alpha value is -1.81. The lowest BCUT2D eigenvalue weighted by molar-refractivity contribution is 0.306. The molecule has 0 fully saturated rings. The Morgan fingerprint density at radius 1 is 1.00 bits per heavy atom. The lowest BCUT2D eigenvalue weighted by Crippen LogP contribution is -1.99. The smallest absolute Gasteiger partial charge is 0.128 e. The number of aryl methyl sites for hydroxylation is 1. The van der Waals surface area contributed by atoms with Gasteiger partial charge in [0.15, 0.2) is 0 Å². The Labute approximate surface area is 177 Å². The molecular weight excluding hydrogens is 445 g/mol. The molecule has 0 amide bonds. The molecular formula is C22H18BrCl2NO. The van der Waals surface area contributed by atoms with E-state index in [1.807, 2.05) is 42.6 Å². The van der Waals surface area contributed by atoms with Gasteiger partial charge in [-0.2, -0.15) is 0 Å². The van der Waals surface area contributed by atoms with Crippen LogP contribution in [0.25, 0.3) is 0 Å². The van der Waals surface area contributed by atoms with Crippen molar-refractivity contribution in [2.45, 2.75) is 20.0 Å². The summed E-state index contributed by atoms with van der Waals surface area (Å²) in [6, 6.07) is 19.4. The third kappa shape index (κ3) is 5.58. The molecule has 0 unspecified atom stereocenters. The molecule has 0 aliphatic heterocycles. The van der Waals surface area contributed by atoms with E-state index in [1.165, 1.54) is 5.56 Å². The van der Waals surface area contributed by atoms with Gasteiger partial charge in [0.05, 0.1) is 5.69 Å². The maximum atomic E-state index is 6.23. The standard InChI is InChI=1S/C22H18BrCl2NO/c1-2-15-3-8-20(9-4-15)26-13-17-11-18(23)6-10-22(17)27-14-16-5-7-19(24)12-21(16)25/h3-13H,2,14H2,1H3. The molecule has 3 aromatic rings. The van der Waals surface area contributed by atoms with Crippen LogP contribution in [0.3, 0.4) is 0 Å². The van der Waals surface area contributed by atoms with E-state index in [0.717, 1.165) is 33.5 Å². The van der Waals surface area contributed by atoms with Gasteiger partial charge in [0.25, 0.3) is 0 Å². The molecule has 0 radical (unpaired) electrons. The third-order valence-corrected chi connectivity index (χ3v) is 5.15. The first-order chi connectivity index (χ1) is 13.0. The summed E-state index contributed by atoms with van der Waals surface area (Å²) in [6.07, 6.45) is 2.82. The van der Waals surface area contributed by atoms with E-state index in [0.29, 0.717) is 16.7 Å². The SMILES string of the molecule is CCc1ccc(N=Cc2cc(Br)ccc2OCc2ccc(Cl)cc2Cl)cc1. The minimum absolute atomic E-state index is 0.351. The predicted molar refractivity (Wildman–Crippen MR) is 118 cm³/mol. The highest BCUT2D eigenvalue weighted by atomic mass is 79.9. The van der Waals surface area contributed by atoms with E-state index in [4.69, 9.17) is 27.9 Å². The average molecular weight is 463 g/mol. The van der Waals surface area contributed by atoms with Crippen molar-refractivity contribution in [2.75, 3.05) is 0 Å². The molecule has 27 heavy (non-hydrogen) atoms. The molecule has 0 N–H and O–H groups in total. The molecule has 0 bridgehead atoms. The largest absolute Gasteiger partial charge is 0.488 e. The summed E-state index contributed by atoms with van der Waals surface area (Å²) in [4.78, 5) is 4.57. The van der Waals surface area contributed by atoms with Gasteiger partial charge >= 0.3 is 0 Å². The molecule has 0 spiro atoms. The fourth-order valence-corrected chi connectivity index (χ4v) is 3.35. The van der Waals surface area contributed by atoms with Gasteiger partial charge in [-0.1, -0.05) is 64.3 Å². The fourth-order valence-electron chi connectivity index (χ4n) is 2.51. The molecule has 3 aromatic carbocycles. The molecule has 0 aromatic heterocycles. The van der Waals surface area contributed by atoms with Crippen molar-refractivity contribution >= 4 is 51.0 Å². The molecule has 0 aliphatic carbocycles. The van der Waals surface area contributed by atoms with Crippen LogP contribution in [0.15, 0.2) is 70.1 Å². The zero-order valence-electron chi connectivity index (χ0n) is 14.8. The molecule has 0 atom stereocenters. The highest BCUT2D eigenvalue weighted by Gasteiger charge is 2.06. The van der Waals surface area contributed by atoms with Crippen LogP contribution in [0.5, 0.6) is 5.75 Å². The first kappa shape index (κ1) is 19.9. The number of nitrogens with zero attached hydrogens (tertiary/aromatic N) is 1. The Morgan fingerprint density at radius 3 is 2.48 bits per heavy atom. The van der Waals surface area contributed by atoms with Crippen LogP contribution >= 0.6 is 39.1 Å². The van der Waals surface area contributed by atoms with Gasteiger partial charge in [0.1, 0.15) is 12.4 Å². The summed E-state index contributed by atoms with van der Waals surface area (Å²) in [7, 11) is 0. The molecule has 0 saturated heterocycles. The molecule has 3 rings (SSSR count). The average Bonchev–Trinajstić information content (AvgIpc) is 2.67. The first-order valence-electron chi connectivity index (χ1n) is 8.54. The summed E-state index contributed by atoms with van der Waals surface area (Å²) in [5.74, 6) is 0.734. The monoisotopic (exact) mass is 461 g/mol. The van der Waals surface area contributed by atoms with Gasteiger partial charge in [-0.15, -0.1) is 0 Å². The molecule has 5 heteroatoms. The summed E-state index contributed by atoms with van der Waals surface area (Å²) >= 11 is 15.7. The minimum atomic E-state index is 0.351. The van der Waals surface area contributed by atoms with Gasteiger partial charge in [0, 0.05) is 31.9 Å². The summed E-state index contributed by atoms with van der Waals surface area (Å²) in [5.41, 5.74) is 3.95. The number of hydrogen-bond acceptors (Lipinski definition) is 2. The number of aliphatic imine (C=N–C) groups is 1. The maximum absolute atomic E-state index is 6.23. The third-order valence-electron chi connectivity index (χ3n) is 4.07. The Morgan fingerprint density at radius 2 is 1.78 bits per heavy atom. The van der Waals surface area contributed by atoms with Crippen LogP contribution in [-0.2, 0) is 13.0 Å². The van der Waals surface area contributed by atoms with E-state index in [1.54, 1.807) is 12.1 Å². The zero-order valence-corrected chi connectivity index (χ0v) is 17.9. The van der Waals surface area contributed by atoms with Gasteiger partial charge in [-0.05, 0) is 54.4 Å². The van der Waals surface area contributed by atoms with Crippen molar-refractivity contribution in [3.63, 3.8) is 0 Å². The van der Waals surface area contributed by atoms with Gasteiger partial charge in [-0.3, -0.25) is 4.99 Å². The van der Waals surface area contributed by atoms with Crippen LogP contribution < -0.4 is 4.74 Å². The van der Waals surface area contributed by atoms with Gasteiger partial charge in [0.2, 0.25) is 0 Å². The molecule has 0 aliphatic rings. The summed E-state index contributed by atoms with van der Waals surface area (Å²) < 4.78 is 6.94. The number of rotatable bonds is 6. The van der Waals surface area contributed by atoms with Crippen LogP contribution in [0, 0.1) is 0 Å². The van der Waals surface area contributed by atoms with Gasteiger partial charge < -0.3 is 4.74 Å². The van der Waals surface area contributed by atoms with E-state index in [2.05, 4.69) is 40.0 Å². The topological polar surface area (TPSA) is 21.6 Å². The van der Waals surface area contributed by atoms with E-state index >= 15 is 0 Å². The molecule has 2 nitrogen and oxygen atoms in total. The normalized spacial score (nSPS) is 11.1. The van der Waals surface area contributed by atoms with Crippen molar-refractivity contribution < 1.29 is 4.74 Å². The highest BCUT2D eigenvalue weighted by molar-refractivity contribution is 9.10. The van der Waals surface area contributed by atoms with Crippen LogP contribution in [0.4, 0.5) is 5.69 Å². The van der Waals surface area contributed by atoms with Crippen molar-refractivity contribution in [2.24, 2.45) is 4.99 Å². The second-order valence-corrected chi connectivity index (χ2v) is 7.74. The summed E-state index contributed by atoms with van der Waals surface area (Å²) in [5, 5.41) is 1.19. The second kappa shape index (κ2) is 9.41. The fraction of sp³-hybridized carbons (Fsp3) is 0.136. The number of halogens is 3. The first-order valence-corrected chi connectivity index (χ1v) is 10.1. The van der Waals surface area contributed by atoms with Crippen molar-refractivity contribution in [1.29, 1.82) is 0 Å². The van der Waals surface area contributed by atoms with E-state index in [-0.39, 0.29) is 0 Å². The summed E-state index contributed by atoms with van der Waals surface area (Å²) in [6.45, 7) is 2.49. The Bertz CT molecular complexity index is 955. The lowest BCUT2D eigenvalue weighted by Gasteiger charge is -2.11. The predicted octanol–water partition coefficient (Wildman–Crippen LogP) is 7.65. The van der Waals surface area contributed by atoms with Crippen LogP contribution in [-0.4, -0.2) is 6.21 Å². The quantitative estimate of drug-likeness (QED) is 0.344. The number of hydrogen-bond donors (Lipinski definition) is 0. The Balaban J connectivity index is 1.78. The zero-order chi connectivity index (χ0) is 19.2. The van der Waals surface area contributed by atoms with Crippen molar-refractivity contribution in [3.8, 4) is 5.75 Å². The molecule has 138 valence electrons. The lowest BCUT2D eigenvalue weighted by atomic mass is 10.1. The van der Waals surface area contributed by atoms with E-state index < -0.39 is 0 Å². The number of ether oxygens (including phenoxy) is 1. The van der Waals surface area contributed by atoms with E-state index in [9.17, 15) is 0 Å². The molecule has 0 saturated carbocycles. The van der Waals surface area contributed by atoms with Crippen LogP contribution in [0.1, 0.15) is 23.6 Å². The van der Waals surface area contributed by atoms with Crippen LogP contribution in [0.2, 0.25) is 10.0 Å². The maximum Gasteiger partial charge on any atom is 0.128 e. The highest BCUT2D eigenvalue weighted by Crippen LogP contribution is 2.26. The molecule has 0 heterocycles. The minimum Gasteiger partial charge on any atom is -0.488 e. The van der Waals surface area contributed by atoms with Gasteiger partial charge in [-0.25, -0.2) is 0 Å².